The average molecular weight is 339 g/mol. The highest BCUT2D eigenvalue weighted by atomic mass is 16.5. The van der Waals surface area contributed by atoms with Gasteiger partial charge in [0.1, 0.15) is 0 Å². The number of benzene rings is 1. The summed E-state index contributed by atoms with van der Waals surface area (Å²) in [6, 6.07) is 4.62. The van der Waals surface area contributed by atoms with Crippen LogP contribution in [0.15, 0.2) is 18.2 Å². The first kappa shape index (κ1) is 19.8. The monoisotopic (exact) mass is 339 g/mol. The van der Waals surface area contributed by atoms with Crippen LogP contribution >= 0.6 is 0 Å². The molecule has 7 heteroatoms. The van der Waals surface area contributed by atoms with E-state index >= 15 is 0 Å². The fraction of sp³-hybridized carbons (Fsp3) is 0.529. The second-order valence-electron chi connectivity index (χ2n) is 5.51. The predicted molar refractivity (Wildman–Crippen MR) is 88.7 cm³/mol. The van der Waals surface area contributed by atoms with Gasteiger partial charge in [0.15, 0.2) is 18.1 Å². The van der Waals surface area contributed by atoms with Crippen LogP contribution in [-0.2, 0) is 9.53 Å². The molecule has 1 rings (SSSR count). The number of aliphatic carboxylic acids is 1. The first-order valence-electron chi connectivity index (χ1n) is 7.81. The molecule has 0 saturated heterocycles. The summed E-state index contributed by atoms with van der Waals surface area (Å²) in [7, 11) is 1.61. The Balaban J connectivity index is 2.81. The van der Waals surface area contributed by atoms with Crippen molar-refractivity contribution < 1.29 is 28.9 Å². The first-order chi connectivity index (χ1) is 11.4. The Bertz CT molecular complexity index is 558. The summed E-state index contributed by atoms with van der Waals surface area (Å²) in [6.07, 6.45) is -0.0708. The second-order valence-corrected chi connectivity index (χ2v) is 5.51. The van der Waals surface area contributed by atoms with Crippen molar-refractivity contribution in [1.82, 2.24) is 5.32 Å². The molecule has 24 heavy (non-hydrogen) atoms. The number of carbonyl (C=O) groups excluding carboxylic acids is 1. The highest BCUT2D eigenvalue weighted by molar-refractivity contribution is 5.94. The Kier molecular flexibility index (Phi) is 8.05. The maximum atomic E-state index is 12.3. The highest BCUT2D eigenvalue weighted by Crippen LogP contribution is 2.28. The van der Waals surface area contributed by atoms with Gasteiger partial charge in [-0.15, -0.1) is 0 Å². The number of carboxylic acid groups (broad SMARTS) is 1. The number of ether oxygens (including phenoxy) is 3. The number of amides is 1. The van der Waals surface area contributed by atoms with Gasteiger partial charge in [-0.1, -0.05) is 13.8 Å². The van der Waals surface area contributed by atoms with Crippen molar-refractivity contribution in [2.24, 2.45) is 5.92 Å². The van der Waals surface area contributed by atoms with Gasteiger partial charge in [0.05, 0.1) is 12.7 Å². The third kappa shape index (κ3) is 6.08. The normalized spacial score (nSPS) is 11.9. The molecule has 1 amide bonds. The molecule has 0 spiro atoms. The topological polar surface area (TPSA) is 94.1 Å². The number of hydrogen-bond donors (Lipinski definition) is 2. The summed E-state index contributed by atoms with van der Waals surface area (Å²) in [4.78, 5) is 22.9. The molecule has 0 aliphatic heterocycles. The van der Waals surface area contributed by atoms with Crippen LogP contribution in [0.1, 0.15) is 31.1 Å². The zero-order chi connectivity index (χ0) is 18.1. The lowest BCUT2D eigenvalue weighted by atomic mass is 10.1. The van der Waals surface area contributed by atoms with Gasteiger partial charge in [-0.05, 0) is 31.0 Å². The van der Waals surface area contributed by atoms with Gasteiger partial charge >= 0.3 is 5.97 Å². The first-order valence-corrected chi connectivity index (χ1v) is 7.81. The molecular formula is C17H25NO6. The van der Waals surface area contributed by atoms with E-state index in [1.54, 1.807) is 20.1 Å². The molecule has 0 fully saturated rings. The van der Waals surface area contributed by atoms with Crippen molar-refractivity contribution in [3.05, 3.63) is 23.8 Å². The number of nitrogens with one attached hydrogen (secondary N) is 1. The molecular weight excluding hydrogens is 314 g/mol. The minimum Gasteiger partial charge on any atom is -0.490 e. The Morgan fingerprint density at radius 1 is 1.21 bits per heavy atom. The van der Waals surface area contributed by atoms with Crippen LogP contribution in [0, 0.1) is 5.92 Å². The van der Waals surface area contributed by atoms with Gasteiger partial charge in [0.2, 0.25) is 0 Å². The molecule has 1 unspecified atom stereocenters. The average Bonchev–Trinajstić information content (AvgIpc) is 2.53. The Hall–Kier alpha value is -2.28. The maximum Gasteiger partial charge on any atom is 0.341 e. The third-order valence-electron chi connectivity index (χ3n) is 3.37. The van der Waals surface area contributed by atoms with Gasteiger partial charge in [0.25, 0.3) is 5.91 Å². The van der Waals surface area contributed by atoms with E-state index in [0.29, 0.717) is 24.5 Å². The Labute approximate surface area is 141 Å². The molecule has 0 radical (unpaired) electrons. The molecule has 0 aromatic heterocycles. The van der Waals surface area contributed by atoms with E-state index in [0.717, 1.165) is 0 Å². The summed E-state index contributed by atoms with van der Waals surface area (Å²) >= 11 is 0. The van der Waals surface area contributed by atoms with Crippen LogP contribution in [0.4, 0.5) is 0 Å². The lowest BCUT2D eigenvalue weighted by molar-refractivity contribution is -0.139. The van der Waals surface area contributed by atoms with E-state index in [-0.39, 0.29) is 23.7 Å². The molecule has 1 aromatic carbocycles. The number of rotatable bonds is 10. The van der Waals surface area contributed by atoms with Crippen LogP contribution in [0.2, 0.25) is 0 Å². The lowest BCUT2D eigenvalue weighted by Gasteiger charge is -2.19. The van der Waals surface area contributed by atoms with Crippen LogP contribution in [0.3, 0.4) is 0 Å². The fourth-order valence-corrected chi connectivity index (χ4v) is 2.06. The molecule has 0 aliphatic carbocycles. The molecule has 7 nitrogen and oxygen atoms in total. The second kappa shape index (κ2) is 9.77. The molecule has 1 atom stereocenters. The third-order valence-corrected chi connectivity index (χ3v) is 3.37. The quantitative estimate of drug-likeness (QED) is 0.677. The van der Waals surface area contributed by atoms with Crippen molar-refractivity contribution in [2.45, 2.75) is 26.9 Å². The lowest BCUT2D eigenvalue weighted by Crippen LogP contribution is -2.36. The number of hydrogen-bond acceptors (Lipinski definition) is 5. The molecule has 134 valence electrons. The Morgan fingerprint density at radius 3 is 2.46 bits per heavy atom. The maximum absolute atomic E-state index is 12.3. The number of carboxylic acids is 1. The van der Waals surface area contributed by atoms with Gasteiger partial charge in [0, 0.05) is 19.2 Å². The minimum absolute atomic E-state index is 0.0708. The summed E-state index contributed by atoms with van der Waals surface area (Å²) in [5.74, 6) is -0.450. The molecule has 0 heterocycles. The van der Waals surface area contributed by atoms with Crippen molar-refractivity contribution in [2.75, 3.05) is 26.9 Å². The largest absolute Gasteiger partial charge is 0.490 e. The summed E-state index contributed by atoms with van der Waals surface area (Å²) < 4.78 is 15.9. The van der Waals surface area contributed by atoms with E-state index in [4.69, 9.17) is 19.3 Å². The molecule has 1 aromatic rings. The zero-order valence-electron chi connectivity index (χ0n) is 14.5. The summed E-state index contributed by atoms with van der Waals surface area (Å²) in [5, 5.41) is 11.5. The molecule has 2 N–H and O–H groups in total. The van der Waals surface area contributed by atoms with Gasteiger partial charge in [-0.25, -0.2) is 4.79 Å². The SMILES string of the molecule is CCOc1cc(C(=O)NCC(OC)C(C)C)ccc1OCC(=O)O. The van der Waals surface area contributed by atoms with E-state index in [9.17, 15) is 9.59 Å². The van der Waals surface area contributed by atoms with Crippen LogP contribution in [-0.4, -0.2) is 50.0 Å². The minimum atomic E-state index is -1.08. The van der Waals surface area contributed by atoms with Crippen LogP contribution in [0.25, 0.3) is 0 Å². The van der Waals surface area contributed by atoms with Gasteiger partial charge < -0.3 is 24.6 Å². The molecule has 0 saturated carbocycles. The summed E-state index contributed by atoms with van der Waals surface area (Å²) in [5.41, 5.74) is 0.403. The predicted octanol–water partition coefficient (Wildman–Crippen LogP) is 1.95. The summed E-state index contributed by atoms with van der Waals surface area (Å²) in [6.45, 7) is 6.11. The smallest absolute Gasteiger partial charge is 0.341 e. The van der Waals surface area contributed by atoms with Gasteiger partial charge in [-0.3, -0.25) is 4.79 Å². The fourth-order valence-electron chi connectivity index (χ4n) is 2.06. The van der Waals surface area contributed by atoms with Crippen molar-refractivity contribution in [3.63, 3.8) is 0 Å². The van der Waals surface area contributed by atoms with Gasteiger partial charge in [-0.2, -0.15) is 0 Å². The highest BCUT2D eigenvalue weighted by Gasteiger charge is 2.16. The molecule has 0 aliphatic rings. The number of methoxy groups -OCH3 is 1. The molecule has 0 bridgehead atoms. The van der Waals surface area contributed by atoms with Crippen LogP contribution in [0.5, 0.6) is 11.5 Å². The van der Waals surface area contributed by atoms with E-state index in [1.807, 2.05) is 13.8 Å². The van der Waals surface area contributed by atoms with Crippen LogP contribution < -0.4 is 14.8 Å². The van der Waals surface area contributed by atoms with E-state index < -0.39 is 12.6 Å². The van der Waals surface area contributed by atoms with E-state index in [1.165, 1.54) is 12.1 Å². The standard InChI is InChI=1S/C17H25NO6/c1-5-23-14-8-12(6-7-13(14)24-10-16(19)20)17(21)18-9-15(22-4)11(2)3/h6-8,11,15H,5,9-10H2,1-4H3,(H,18,21)(H,19,20). The van der Waals surface area contributed by atoms with Crippen molar-refractivity contribution in [1.29, 1.82) is 0 Å². The number of carbonyl (C=O) groups is 2. The van der Waals surface area contributed by atoms with E-state index in [2.05, 4.69) is 5.32 Å². The van der Waals surface area contributed by atoms with Crippen molar-refractivity contribution >= 4 is 11.9 Å². The Morgan fingerprint density at radius 2 is 1.92 bits per heavy atom. The zero-order valence-corrected chi connectivity index (χ0v) is 14.5. The van der Waals surface area contributed by atoms with Crippen molar-refractivity contribution in [3.8, 4) is 11.5 Å².